The first-order valence-electron chi connectivity index (χ1n) is 6.48. The van der Waals surface area contributed by atoms with Crippen molar-refractivity contribution in [3.05, 3.63) is 0 Å². The van der Waals surface area contributed by atoms with Crippen LogP contribution in [0, 0.1) is 5.92 Å². The highest BCUT2D eigenvalue weighted by Gasteiger charge is 2.17. The maximum Gasteiger partial charge on any atom is 0.312 e. The molecule has 1 aliphatic heterocycles. The van der Waals surface area contributed by atoms with E-state index in [0.29, 0.717) is 12.5 Å². The Hall–Kier alpha value is -1.30. The molecule has 1 aliphatic rings. The van der Waals surface area contributed by atoms with E-state index in [-0.39, 0.29) is 12.5 Å². The molecule has 0 spiro atoms. The zero-order valence-electron chi connectivity index (χ0n) is 11.3. The van der Waals surface area contributed by atoms with Gasteiger partial charge in [-0.1, -0.05) is 6.92 Å². The Balaban J connectivity index is 2.22. The van der Waals surface area contributed by atoms with Crippen LogP contribution in [0.2, 0.25) is 0 Å². The van der Waals surface area contributed by atoms with Gasteiger partial charge in [0, 0.05) is 20.1 Å². The molecule has 104 valence electrons. The first-order valence-corrected chi connectivity index (χ1v) is 6.48. The first-order chi connectivity index (χ1) is 8.49. The number of urea groups is 1. The number of carbonyl (C=O) groups excluding carboxylic acids is 2. The highest BCUT2D eigenvalue weighted by atomic mass is 16.2. The zero-order chi connectivity index (χ0) is 13.5. The van der Waals surface area contributed by atoms with Gasteiger partial charge in [0.15, 0.2) is 0 Å². The Labute approximate surface area is 108 Å². The summed E-state index contributed by atoms with van der Waals surface area (Å²) in [6.45, 7) is 6.19. The smallest absolute Gasteiger partial charge is 0.312 e. The van der Waals surface area contributed by atoms with Crippen LogP contribution in [0.4, 0.5) is 4.79 Å². The summed E-state index contributed by atoms with van der Waals surface area (Å²) in [4.78, 5) is 26.3. The van der Waals surface area contributed by atoms with Crippen molar-refractivity contribution in [2.75, 3.05) is 39.8 Å². The molecule has 0 aliphatic carbocycles. The van der Waals surface area contributed by atoms with Gasteiger partial charge < -0.3 is 20.9 Å². The number of likely N-dealkylation sites (N-methyl/N-ethyl adjacent to an activating group) is 1. The molecule has 3 N–H and O–H groups in total. The quantitative estimate of drug-likeness (QED) is 0.693. The molecule has 1 rings (SSSR count). The van der Waals surface area contributed by atoms with E-state index in [2.05, 4.69) is 17.1 Å². The summed E-state index contributed by atoms with van der Waals surface area (Å²) in [5.41, 5.74) is 4.92. The maximum atomic E-state index is 11.7. The van der Waals surface area contributed by atoms with E-state index < -0.39 is 6.03 Å². The molecule has 1 atom stereocenters. The molecule has 0 saturated carbocycles. The van der Waals surface area contributed by atoms with E-state index in [1.807, 2.05) is 0 Å². The number of carbonyl (C=O) groups is 2. The number of hydrogen-bond acceptors (Lipinski definition) is 3. The fraction of sp³-hybridized carbons (Fsp3) is 0.833. The van der Waals surface area contributed by atoms with Gasteiger partial charge in [-0.3, -0.25) is 4.79 Å². The summed E-state index contributed by atoms with van der Waals surface area (Å²) < 4.78 is 0. The van der Waals surface area contributed by atoms with Crippen molar-refractivity contribution in [2.45, 2.75) is 19.8 Å². The maximum absolute atomic E-state index is 11.7. The van der Waals surface area contributed by atoms with Crippen LogP contribution in [0.3, 0.4) is 0 Å². The average molecular weight is 256 g/mol. The van der Waals surface area contributed by atoms with Gasteiger partial charge in [0.05, 0.1) is 6.54 Å². The van der Waals surface area contributed by atoms with Crippen molar-refractivity contribution >= 4 is 11.9 Å². The molecule has 3 amide bonds. The van der Waals surface area contributed by atoms with Crippen LogP contribution in [0.5, 0.6) is 0 Å². The number of nitrogens with zero attached hydrogens (tertiary/aromatic N) is 2. The lowest BCUT2D eigenvalue weighted by molar-refractivity contribution is -0.129. The molecule has 0 aromatic carbocycles. The second-order valence-corrected chi connectivity index (χ2v) is 5.10. The summed E-state index contributed by atoms with van der Waals surface area (Å²) in [6, 6.07) is -0.665. The number of rotatable bonds is 6. The van der Waals surface area contributed by atoms with Crippen LogP contribution < -0.4 is 11.1 Å². The van der Waals surface area contributed by atoms with Crippen molar-refractivity contribution in [2.24, 2.45) is 11.7 Å². The summed E-state index contributed by atoms with van der Waals surface area (Å²) in [5.74, 6) is 0.327. The Morgan fingerprint density at radius 2 is 2.00 bits per heavy atom. The fourth-order valence-electron chi connectivity index (χ4n) is 2.33. The zero-order valence-corrected chi connectivity index (χ0v) is 11.3. The number of likely N-dealkylation sites (tertiary alicyclic amines) is 1. The van der Waals surface area contributed by atoms with Crippen LogP contribution in [0.1, 0.15) is 19.8 Å². The fourth-order valence-corrected chi connectivity index (χ4v) is 2.33. The molecule has 0 aromatic rings. The van der Waals surface area contributed by atoms with Crippen LogP contribution in [0.15, 0.2) is 0 Å². The predicted molar refractivity (Wildman–Crippen MR) is 70.1 cm³/mol. The Morgan fingerprint density at radius 3 is 2.56 bits per heavy atom. The van der Waals surface area contributed by atoms with E-state index in [1.165, 1.54) is 25.9 Å². The van der Waals surface area contributed by atoms with E-state index in [4.69, 9.17) is 5.73 Å². The van der Waals surface area contributed by atoms with Crippen molar-refractivity contribution in [3.63, 3.8) is 0 Å². The molecule has 6 nitrogen and oxygen atoms in total. The molecule has 0 radical (unpaired) electrons. The monoisotopic (exact) mass is 256 g/mol. The summed E-state index contributed by atoms with van der Waals surface area (Å²) in [7, 11) is 1.76. The van der Waals surface area contributed by atoms with Gasteiger partial charge in [-0.25, -0.2) is 4.79 Å². The molecule has 6 heteroatoms. The van der Waals surface area contributed by atoms with E-state index in [1.54, 1.807) is 11.9 Å². The molecular formula is C12H24N4O2. The molecule has 1 heterocycles. The minimum absolute atomic E-state index is 0.0255. The number of hydrogen-bond donors (Lipinski definition) is 2. The predicted octanol–water partition coefficient (Wildman–Crippen LogP) is -0.155. The van der Waals surface area contributed by atoms with Crippen LogP contribution in [-0.4, -0.2) is 61.5 Å². The highest BCUT2D eigenvalue weighted by molar-refractivity contribution is 5.83. The Kier molecular flexibility index (Phi) is 5.91. The molecule has 1 fully saturated rings. The Morgan fingerprint density at radius 1 is 1.39 bits per heavy atom. The lowest BCUT2D eigenvalue weighted by atomic mass is 10.1. The third-order valence-electron chi connectivity index (χ3n) is 3.19. The molecule has 1 saturated heterocycles. The van der Waals surface area contributed by atoms with Crippen LogP contribution in [0.25, 0.3) is 0 Å². The third-order valence-corrected chi connectivity index (χ3v) is 3.19. The second-order valence-electron chi connectivity index (χ2n) is 5.10. The summed E-state index contributed by atoms with van der Waals surface area (Å²) in [6.07, 6.45) is 2.56. The van der Waals surface area contributed by atoms with Crippen LogP contribution in [-0.2, 0) is 4.79 Å². The number of primary amides is 1. The molecular weight excluding hydrogens is 232 g/mol. The second kappa shape index (κ2) is 7.20. The van der Waals surface area contributed by atoms with Gasteiger partial charge in [0.2, 0.25) is 5.91 Å². The van der Waals surface area contributed by atoms with Crippen molar-refractivity contribution in [1.29, 1.82) is 0 Å². The van der Waals surface area contributed by atoms with Crippen molar-refractivity contribution < 1.29 is 9.59 Å². The lowest BCUT2D eigenvalue weighted by Crippen LogP contribution is -2.42. The lowest BCUT2D eigenvalue weighted by Gasteiger charge is -2.25. The summed E-state index contributed by atoms with van der Waals surface area (Å²) in [5, 5.41) is 2.31. The molecule has 0 bridgehead atoms. The number of nitrogens with two attached hydrogens (primary N) is 1. The standard InChI is InChI=1S/C12H24N4O2/c1-10(9-16-5-3-4-6-16)8-15(2)11(17)7-14-12(13)18/h10H,3-9H2,1-2H3,(H3,13,14,18). The SMILES string of the molecule is CC(CN1CCCC1)CN(C)C(=O)CNC(N)=O. The van der Waals surface area contributed by atoms with Crippen LogP contribution >= 0.6 is 0 Å². The van der Waals surface area contributed by atoms with Gasteiger partial charge in [-0.05, 0) is 31.8 Å². The average Bonchev–Trinajstić information content (AvgIpc) is 2.78. The minimum atomic E-state index is -0.665. The largest absolute Gasteiger partial charge is 0.352 e. The van der Waals surface area contributed by atoms with Gasteiger partial charge >= 0.3 is 6.03 Å². The topological polar surface area (TPSA) is 78.7 Å². The number of amides is 3. The third kappa shape index (κ3) is 5.35. The van der Waals surface area contributed by atoms with Gasteiger partial charge in [-0.2, -0.15) is 0 Å². The minimum Gasteiger partial charge on any atom is -0.352 e. The first kappa shape index (κ1) is 14.8. The van der Waals surface area contributed by atoms with Gasteiger partial charge in [0.1, 0.15) is 0 Å². The van der Waals surface area contributed by atoms with Gasteiger partial charge in [0.25, 0.3) is 0 Å². The summed E-state index contributed by atoms with van der Waals surface area (Å²) >= 11 is 0. The normalized spacial score (nSPS) is 17.4. The van der Waals surface area contributed by atoms with Crippen molar-refractivity contribution in [3.8, 4) is 0 Å². The molecule has 1 unspecified atom stereocenters. The molecule has 18 heavy (non-hydrogen) atoms. The van der Waals surface area contributed by atoms with Crippen molar-refractivity contribution in [1.82, 2.24) is 15.1 Å². The highest BCUT2D eigenvalue weighted by Crippen LogP contribution is 2.10. The van der Waals surface area contributed by atoms with E-state index in [0.717, 1.165) is 6.54 Å². The van der Waals surface area contributed by atoms with Gasteiger partial charge in [-0.15, -0.1) is 0 Å². The Bertz CT molecular complexity index is 290. The molecule has 0 aromatic heterocycles. The number of nitrogens with one attached hydrogen (secondary N) is 1. The van der Waals surface area contributed by atoms with E-state index in [9.17, 15) is 9.59 Å². The van der Waals surface area contributed by atoms with E-state index >= 15 is 0 Å².